The molecule has 1 aromatic heterocycles. The molecule has 0 amide bonds. The summed E-state index contributed by atoms with van der Waals surface area (Å²) in [5, 5.41) is 8.72. The number of carbonyl (C=O) groups is 1. The van der Waals surface area contributed by atoms with Gasteiger partial charge in [-0.1, -0.05) is 0 Å². The molecule has 0 atom stereocenters. The highest BCUT2D eigenvalue weighted by Gasteiger charge is 2.12. The number of sulfonamides is 1. The van der Waals surface area contributed by atoms with Crippen molar-refractivity contribution in [3.8, 4) is 0 Å². The van der Waals surface area contributed by atoms with Crippen molar-refractivity contribution >= 4 is 21.8 Å². The maximum atomic E-state index is 11.5. The molecule has 2 N–H and O–H groups in total. The first-order valence-electron chi connectivity index (χ1n) is 4.63. The quantitative estimate of drug-likeness (QED) is 0.755. The van der Waals surface area contributed by atoms with Gasteiger partial charge in [-0.25, -0.2) is 18.2 Å². The minimum absolute atomic E-state index is 0.0268. The molecular weight excluding hydrogens is 248 g/mol. The normalized spacial score (nSPS) is 11.1. The summed E-state index contributed by atoms with van der Waals surface area (Å²) < 4.78 is 29.7. The van der Waals surface area contributed by atoms with Crippen LogP contribution in [0.2, 0.25) is 0 Å². The first-order valence-corrected chi connectivity index (χ1v) is 6.28. The molecule has 0 saturated heterocycles. The number of methoxy groups -OCH3 is 1. The zero-order valence-electron chi connectivity index (χ0n) is 9.08. The lowest BCUT2D eigenvalue weighted by Crippen LogP contribution is -2.20. The van der Waals surface area contributed by atoms with Gasteiger partial charge in [0.1, 0.15) is 5.82 Å². The van der Waals surface area contributed by atoms with Crippen molar-refractivity contribution in [1.29, 1.82) is 0 Å². The van der Waals surface area contributed by atoms with E-state index in [0.29, 0.717) is 0 Å². The van der Waals surface area contributed by atoms with E-state index < -0.39 is 16.0 Å². The van der Waals surface area contributed by atoms with E-state index in [1.165, 1.54) is 19.4 Å². The molecule has 94 valence electrons. The van der Waals surface area contributed by atoms with Crippen molar-refractivity contribution in [2.24, 2.45) is 0 Å². The van der Waals surface area contributed by atoms with Crippen molar-refractivity contribution in [3.63, 3.8) is 0 Å². The first-order chi connectivity index (χ1) is 7.94. The SMILES string of the molecule is COCCS(=O)(=O)Nc1cc(C(=O)O)ccn1. The van der Waals surface area contributed by atoms with Crippen LogP contribution in [0.4, 0.5) is 5.82 Å². The molecule has 0 aromatic carbocycles. The van der Waals surface area contributed by atoms with Crippen molar-refractivity contribution in [3.05, 3.63) is 23.9 Å². The highest BCUT2D eigenvalue weighted by atomic mass is 32.2. The molecule has 1 rings (SSSR count). The third-order valence-electron chi connectivity index (χ3n) is 1.82. The molecule has 0 aliphatic rings. The summed E-state index contributed by atoms with van der Waals surface area (Å²) in [6, 6.07) is 2.42. The molecule has 0 bridgehead atoms. The number of nitrogens with zero attached hydrogens (tertiary/aromatic N) is 1. The second-order valence-electron chi connectivity index (χ2n) is 3.15. The summed E-state index contributed by atoms with van der Waals surface area (Å²) in [6.07, 6.45) is 1.22. The van der Waals surface area contributed by atoms with Crippen LogP contribution in [0.3, 0.4) is 0 Å². The van der Waals surface area contributed by atoms with Gasteiger partial charge in [0.2, 0.25) is 10.0 Å². The van der Waals surface area contributed by atoms with E-state index in [1.54, 1.807) is 0 Å². The second kappa shape index (κ2) is 5.60. The van der Waals surface area contributed by atoms with Crippen LogP contribution in [0, 0.1) is 0 Å². The fourth-order valence-corrected chi connectivity index (χ4v) is 1.94. The van der Waals surface area contributed by atoms with Crippen LogP contribution < -0.4 is 4.72 Å². The molecule has 0 unspecified atom stereocenters. The van der Waals surface area contributed by atoms with Gasteiger partial charge in [-0.2, -0.15) is 0 Å². The monoisotopic (exact) mass is 260 g/mol. The van der Waals surface area contributed by atoms with Gasteiger partial charge in [0.15, 0.2) is 0 Å². The van der Waals surface area contributed by atoms with Crippen molar-refractivity contribution in [2.75, 3.05) is 24.2 Å². The Bertz CT molecular complexity index is 500. The molecule has 0 aliphatic carbocycles. The van der Waals surface area contributed by atoms with Gasteiger partial charge in [-0.05, 0) is 12.1 Å². The van der Waals surface area contributed by atoms with E-state index in [2.05, 4.69) is 14.4 Å². The van der Waals surface area contributed by atoms with E-state index in [-0.39, 0.29) is 23.7 Å². The Morgan fingerprint density at radius 2 is 2.29 bits per heavy atom. The van der Waals surface area contributed by atoms with Crippen molar-refractivity contribution in [1.82, 2.24) is 4.98 Å². The molecule has 7 nitrogen and oxygen atoms in total. The Kier molecular flexibility index (Phi) is 4.41. The maximum Gasteiger partial charge on any atom is 0.335 e. The molecule has 17 heavy (non-hydrogen) atoms. The summed E-state index contributed by atoms with van der Waals surface area (Å²) in [7, 11) is -2.18. The van der Waals surface area contributed by atoms with Crippen LogP contribution >= 0.6 is 0 Å². The lowest BCUT2D eigenvalue weighted by atomic mass is 10.3. The fourth-order valence-electron chi connectivity index (χ4n) is 1.02. The van der Waals surface area contributed by atoms with Gasteiger partial charge in [0, 0.05) is 13.3 Å². The predicted molar refractivity (Wildman–Crippen MR) is 60.5 cm³/mol. The summed E-state index contributed by atoms with van der Waals surface area (Å²) >= 11 is 0. The van der Waals surface area contributed by atoms with Gasteiger partial charge < -0.3 is 9.84 Å². The summed E-state index contributed by atoms with van der Waals surface area (Å²) in [5.41, 5.74) is -0.0376. The Balaban J connectivity index is 2.81. The first kappa shape index (κ1) is 13.4. The average Bonchev–Trinajstić information content (AvgIpc) is 2.26. The highest BCUT2D eigenvalue weighted by Crippen LogP contribution is 2.08. The van der Waals surface area contributed by atoms with Gasteiger partial charge in [-0.15, -0.1) is 0 Å². The van der Waals surface area contributed by atoms with Crippen LogP contribution in [0.25, 0.3) is 0 Å². The minimum Gasteiger partial charge on any atom is -0.478 e. The number of aromatic carboxylic acids is 1. The molecule has 0 fully saturated rings. The van der Waals surface area contributed by atoms with Gasteiger partial charge in [-0.3, -0.25) is 4.72 Å². The van der Waals surface area contributed by atoms with Gasteiger partial charge in [0.25, 0.3) is 0 Å². The molecule has 1 heterocycles. The number of hydrogen-bond acceptors (Lipinski definition) is 5. The molecule has 0 radical (unpaired) electrons. The van der Waals surface area contributed by atoms with Crippen LogP contribution in [0.5, 0.6) is 0 Å². The lowest BCUT2D eigenvalue weighted by Gasteiger charge is -2.06. The Hall–Kier alpha value is -1.67. The standard InChI is InChI=1S/C9H12N2O5S/c1-16-4-5-17(14,15)11-8-6-7(9(12)13)2-3-10-8/h2-3,6H,4-5H2,1H3,(H,10,11)(H,12,13). The molecule has 1 aromatic rings. The van der Waals surface area contributed by atoms with E-state index >= 15 is 0 Å². The number of rotatable bonds is 6. The zero-order chi connectivity index (χ0) is 12.9. The van der Waals surface area contributed by atoms with Crippen LogP contribution in [0.1, 0.15) is 10.4 Å². The number of carboxylic acid groups (broad SMARTS) is 1. The molecule has 0 saturated carbocycles. The van der Waals surface area contributed by atoms with E-state index in [0.717, 1.165) is 6.07 Å². The third kappa shape index (κ3) is 4.37. The number of anilines is 1. The van der Waals surface area contributed by atoms with E-state index in [4.69, 9.17) is 5.11 Å². The zero-order valence-corrected chi connectivity index (χ0v) is 9.90. The minimum atomic E-state index is -3.57. The number of carboxylic acids is 1. The van der Waals surface area contributed by atoms with Crippen LogP contribution in [-0.4, -0.2) is 43.9 Å². The number of ether oxygens (including phenoxy) is 1. The van der Waals surface area contributed by atoms with Gasteiger partial charge >= 0.3 is 5.97 Å². The second-order valence-corrected chi connectivity index (χ2v) is 4.99. The smallest absolute Gasteiger partial charge is 0.335 e. The number of nitrogens with one attached hydrogen (secondary N) is 1. The maximum absolute atomic E-state index is 11.5. The topological polar surface area (TPSA) is 106 Å². The van der Waals surface area contributed by atoms with E-state index in [1.807, 2.05) is 0 Å². The number of hydrogen-bond donors (Lipinski definition) is 2. The number of aromatic nitrogens is 1. The Morgan fingerprint density at radius 3 is 2.88 bits per heavy atom. The largest absolute Gasteiger partial charge is 0.478 e. The Morgan fingerprint density at radius 1 is 1.59 bits per heavy atom. The molecule has 0 aliphatic heterocycles. The van der Waals surface area contributed by atoms with Crippen LogP contribution in [-0.2, 0) is 14.8 Å². The highest BCUT2D eigenvalue weighted by molar-refractivity contribution is 7.92. The molecular formula is C9H12N2O5S. The average molecular weight is 260 g/mol. The van der Waals surface area contributed by atoms with Crippen molar-refractivity contribution < 1.29 is 23.1 Å². The van der Waals surface area contributed by atoms with Gasteiger partial charge in [0.05, 0.1) is 17.9 Å². The Labute approximate surface area is 98.5 Å². The molecule has 0 spiro atoms. The summed E-state index contributed by atoms with van der Waals surface area (Å²) in [6.45, 7) is 0.0496. The van der Waals surface area contributed by atoms with Crippen LogP contribution in [0.15, 0.2) is 18.3 Å². The third-order valence-corrected chi connectivity index (χ3v) is 3.05. The number of pyridine rings is 1. The fraction of sp³-hybridized carbons (Fsp3) is 0.333. The lowest BCUT2D eigenvalue weighted by molar-refractivity contribution is 0.0697. The summed E-state index contributed by atoms with van der Waals surface area (Å²) in [5.74, 6) is -1.40. The molecule has 8 heteroatoms. The summed E-state index contributed by atoms with van der Waals surface area (Å²) in [4.78, 5) is 14.4. The van der Waals surface area contributed by atoms with Crippen molar-refractivity contribution in [2.45, 2.75) is 0 Å². The van der Waals surface area contributed by atoms with E-state index in [9.17, 15) is 13.2 Å². The predicted octanol–water partition coefficient (Wildman–Crippen LogP) is 0.168.